The number of non-ortho nitro benzene ring substituents is 1. The maximum atomic E-state index is 10.9. The maximum absolute atomic E-state index is 10.9. The fourth-order valence-corrected chi connectivity index (χ4v) is 2.51. The Bertz CT molecular complexity index is 806. The minimum atomic E-state index is -0.400. The van der Waals surface area contributed by atoms with Gasteiger partial charge < -0.3 is 0 Å². The largest absolute Gasteiger partial charge is 0.280 e. The van der Waals surface area contributed by atoms with Gasteiger partial charge in [0.2, 0.25) is 0 Å². The van der Waals surface area contributed by atoms with Crippen molar-refractivity contribution < 1.29 is 4.92 Å². The molecule has 0 bridgehead atoms. The van der Waals surface area contributed by atoms with Crippen LogP contribution in [0.1, 0.15) is 22.7 Å². The predicted octanol–water partition coefficient (Wildman–Crippen LogP) is 4.80. The highest BCUT2D eigenvalue weighted by Gasteiger charge is 2.11. The van der Waals surface area contributed by atoms with Gasteiger partial charge in [-0.3, -0.25) is 15.1 Å². The standard InChI is InChI=1S/C20H16N2O2/c23-22(24)19-13-7-8-16(14-19)15-21-20(17-9-3-1-4-10-17)18-11-5-2-6-12-18/h1-15,20H. The molecule has 0 aliphatic rings. The Morgan fingerprint density at radius 1 is 0.833 bits per heavy atom. The molecule has 0 fully saturated rings. The molecule has 0 unspecified atom stereocenters. The minimum Gasteiger partial charge on any atom is -0.280 e. The lowest BCUT2D eigenvalue weighted by atomic mass is 9.99. The van der Waals surface area contributed by atoms with Crippen molar-refractivity contribution in [1.82, 2.24) is 0 Å². The number of hydrogen-bond donors (Lipinski definition) is 0. The summed E-state index contributed by atoms with van der Waals surface area (Å²) >= 11 is 0. The number of nitro groups is 1. The quantitative estimate of drug-likeness (QED) is 0.385. The van der Waals surface area contributed by atoms with E-state index in [0.717, 1.165) is 11.1 Å². The summed E-state index contributed by atoms with van der Waals surface area (Å²) in [6.45, 7) is 0. The molecule has 24 heavy (non-hydrogen) atoms. The maximum Gasteiger partial charge on any atom is 0.270 e. The zero-order valence-electron chi connectivity index (χ0n) is 12.9. The fourth-order valence-electron chi connectivity index (χ4n) is 2.51. The average Bonchev–Trinajstić information content (AvgIpc) is 2.64. The van der Waals surface area contributed by atoms with E-state index in [9.17, 15) is 10.1 Å². The SMILES string of the molecule is O=[N+]([O-])c1cccc(C=NC(c2ccccc2)c2ccccc2)c1. The second-order valence-electron chi connectivity index (χ2n) is 5.35. The molecular weight excluding hydrogens is 300 g/mol. The van der Waals surface area contributed by atoms with E-state index < -0.39 is 4.92 Å². The molecule has 3 aromatic carbocycles. The summed E-state index contributed by atoms with van der Waals surface area (Å²) in [5.74, 6) is 0. The van der Waals surface area contributed by atoms with Crippen LogP contribution in [-0.4, -0.2) is 11.1 Å². The van der Waals surface area contributed by atoms with Crippen LogP contribution in [0, 0.1) is 10.1 Å². The van der Waals surface area contributed by atoms with Crippen LogP contribution in [-0.2, 0) is 0 Å². The lowest BCUT2D eigenvalue weighted by Crippen LogP contribution is -1.99. The Morgan fingerprint density at radius 2 is 1.42 bits per heavy atom. The van der Waals surface area contributed by atoms with Gasteiger partial charge in [-0.1, -0.05) is 72.8 Å². The van der Waals surface area contributed by atoms with E-state index in [4.69, 9.17) is 0 Å². The zero-order chi connectivity index (χ0) is 16.8. The summed E-state index contributed by atoms with van der Waals surface area (Å²) in [7, 11) is 0. The van der Waals surface area contributed by atoms with Crippen molar-refractivity contribution in [2.75, 3.05) is 0 Å². The molecular formula is C20H16N2O2. The van der Waals surface area contributed by atoms with Crippen molar-refractivity contribution in [3.05, 3.63) is 112 Å². The third kappa shape index (κ3) is 3.73. The van der Waals surface area contributed by atoms with Gasteiger partial charge in [-0.05, 0) is 16.7 Å². The molecule has 3 aromatic rings. The van der Waals surface area contributed by atoms with Crippen LogP contribution < -0.4 is 0 Å². The molecule has 0 heterocycles. The lowest BCUT2D eigenvalue weighted by Gasteiger charge is -2.13. The van der Waals surface area contributed by atoms with Crippen LogP contribution in [0.25, 0.3) is 0 Å². The first-order chi connectivity index (χ1) is 11.7. The van der Waals surface area contributed by atoms with Crippen LogP contribution >= 0.6 is 0 Å². The van der Waals surface area contributed by atoms with Gasteiger partial charge >= 0.3 is 0 Å². The second-order valence-corrected chi connectivity index (χ2v) is 5.35. The zero-order valence-corrected chi connectivity index (χ0v) is 12.9. The molecule has 0 amide bonds. The number of hydrogen-bond acceptors (Lipinski definition) is 3. The van der Waals surface area contributed by atoms with Gasteiger partial charge in [0.25, 0.3) is 5.69 Å². The van der Waals surface area contributed by atoms with Gasteiger partial charge in [0.1, 0.15) is 0 Å². The lowest BCUT2D eigenvalue weighted by molar-refractivity contribution is -0.384. The summed E-state index contributed by atoms with van der Waals surface area (Å²) in [5, 5.41) is 10.9. The van der Waals surface area contributed by atoms with E-state index in [1.807, 2.05) is 66.7 Å². The van der Waals surface area contributed by atoms with Crippen molar-refractivity contribution in [2.45, 2.75) is 6.04 Å². The Labute approximate surface area is 140 Å². The number of nitro benzene ring substituents is 1. The van der Waals surface area contributed by atoms with Gasteiger partial charge in [0.15, 0.2) is 0 Å². The van der Waals surface area contributed by atoms with Gasteiger partial charge in [-0.2, -0.15) is 0 Å². The van der Waals surface area contributed by atoms with E-state index in [2.05, 4.69) is 4.99 Å². The number of benzene rings is 3. The van der Waals surface area contributed by atoms with Crippen molar-refractivity contribution in [3.63, 3.8) is 0 Å². The molecule has 0 aliphatic carbocycles. The van der Waals surface area contributed by atoms with Gasteiger partial charge in [-0.25, -0.2) is 0 Å². The monoisotopic (exact) mass is 316 g/mol. The summed E-state index contributed by atoms with van der Waals surface area (Å²) in [4.78, 5) is 15.2. The molecule has 0 N–H and O–H groups in total. The van der Waals surface area contributed by atoms with E-state index in [1.54, 1.807) is 12.3 Å². The van der Waals surface area contributed by atoms with Crippen molar-refractivity contribution in [3.8, 4) is 0 Å². The predicted molar refractivity (Wildman–Crippen MR) is 95.4 cm³/mol. The topological polar surface area (TPSA) is 55.5 Å². The molecule has 4 heteroatoms. The average molecular weight is 316 g/mol. The van der Waals surface area contributed by atoms with E-state index >= 15 is 0 Å². The number of nitrogens with zero attached hydrogens (tertiary/aromatic N) is 2. The first kappa shape index (κ1) is 15.6. The van der Waals surface area contributed by atoms with Gasteiger partial charge in [0, 0.05) is 18.3 Å². The number of aliphatic imine (C=N–C) groups is 1. The van der Waals surface area contributed by atoms with Crippen molar-refractivity contribution in [2.24, 2.45) is 4.99 Å². The van der Waals surface area contributed by atoms with Crippen LogP contribution in [0.2, 0.25) is 0 Å². The molecule has 3 rings (SSSR count). The second kappa shape index (κ2) is 7.33. The first-order valence-corrected chi connectivity index (χ1v) is 7.61. The highest BCUT2D eigenvalue weighted by molar-refractivity contribution is 5.81. The van der Waals surface area contributed by atoms with Gasteiger partial charge in [-0.15, -0.1) is 0 Å². The van der Waals surface area contributed by atoms with Crippen LogP contribution in [0.5, 0.6) is 0 Å². The third-order valence-corrected chi connectivity index (χ3v) is 3.68. The van der Waals surface area contributed by atoms with E-state index in [-0.39, 0.29) is 11.7 Å². The highest BCUT2D eigenvalue weighted by Crippen LogP contribution is 2.26. The smallest absolute Gasteiger partial charge is 0.270 e. The number of rotatable bonds is 5. The molecule has 0 radical (unpaired) electrons. The first-order valence-electron chi connectivity index (χ1n) is 7.61. The normalized spacial score (nSPS) is 11.0. The molecule has 0 aromatic heterocycles. The molecule has 0 aliphatic heterocycles. The minimum absolute atomic E-state index is 0.0647. The Kier molecular flexibility index (Phi) is 4.77. The third-order valence-electron chi connectivity index (χ3n) is 3.68. The molecule has 0 atom stereocenters. The van der Waals surface area contributed by atoms with E-state index in [1.165, 1.54) is 12.1 Å². The Morgan fingerprint density at radius 3 is 1.96 bits per heavy atom. The van der Waals surface area contributed by atoms with Crippen molar-refractivity contribution >= 4 is 11.9 Å². The van der Waals surface area contributed by atoms with Crippen LogP contribution in [0.3, 0.4) is 0 Å². The molecule has 118 valence electrons. The summed E-state index contributed by atoms with van der Waals surface area (Å²) in [5.41, 5.74) is 2.92. The summed E-state index contributed by atoms with van der Waals surface area (Å²) in [6, 6.07) is 26.3. The molecule has 0 saturated heterocycles. The molecule has 0 saturated carbocycles. The van der Waals surface area contributed by atoms with E-state index in [0.29, 0.717) is 5.56 Å². The van der Waals surface area contributed by atoms with Gasteiger partial charge in [0.05, 0.1) is 11.0 Å². The Hall–Kier alpha value is -3.27. The molecule has 0 spiro atoms. The molecule has 4 nitrogen and oxygen atoms in total. The Balaban J connectivity index is 1.95. The summed E-state index contributed by atoms with van der Waals surface area (Å²) < 4.78 is 0. The van der Waals surface area contributed by atoms with Crippen LogP contribution in [0.15, 0.2) is 89.9 Å². The fraction of sp³-hybridized carbons (Fsp3) is 0.0500. The summed E-state index contributed by atoms with van der Waals surface area (Å²) in [6.07, 6.45) is 1.69. The highest BCUT2D eigenvalue weighted by atomic mass is 16.6. The van der Waals surface area contributed by atoms with Crippen LogP contribution in [0.4, 0.5) is 5.69 Å². The van der Waals surface area contributed by atoms with Crippen molar-refractivity contribution in [1.29, 1.82) is 0 Å².